The number of amides is 1. The van der Waals surface area contributed by atoms with Crippen molar-refractivity contribution in [3.05, 3.63) is 0 Å². The minimum atomic E-state index is -4.05. The van der Waals surface area contributed by atoms with Crippen LogP contribution in [0.1, 0.15) is 28.6 Å². The Balaban J connectivity index is -0.000000720. The van der Waals surface area contributed by atoms with Gasteiger partial charge in [0.25, 0.3) is 10.1 Å². The summed E-state index contributed by atoms with van der Waals surface area (Å²) in [7, 11) is -4.05. The van der Waals surface area contributed by atoms with Crippen LogP contribution in [0, 0.1) is 0 Å². The van der Waals surface area contributed by atoms with E-state index < -0.39 is 21.4 Å². The number of carbonyl (C=O) groups excluding carboxylic acids is 1. The summed E-state index contributed by atoms with van der Waals surface area (Å²) in [4.78, 5) is 10.9. The third-order valence-electron chi connectivity index (χ3n) is 1.34. The number of rotatable bonds is 4. The smallest absolute Gasteiger partial charge is 1.00 e. The summed E-state index contributed by atoms with van der Waals surface area (Å²) in [5.74, 6) is -0.722. The second kappa shape index (κ2) is 6.07. The Bertz CT molecular complexity index is 291. The quantitative estimate of drug-likeness (QED) is 0.409. The zero-order valence-electron chi connectivity index (χ0n) is 9.99. The average molecular weight is 233 g/mol. The van der Waals surface area contributed by atoms with Gasteiger partial charge < -0.3 is 6.74 Å². The van der Waals surface area contributed by atoms with Crippen LogP contribution in [-0.4, -0.2) is 30.2 Å². The van der Waals surface area contributed by atoms with Crippen LogP contribution in [0.5, 0.6) is 0 Å². The van der Waals surface area contributed by atoms with Crippen LogP contribution in [0.2, 0.25) is 0 Å². The van der Waals surface area contributed by atoms with Crippen LogP contribution < -0.4 is 34.9 Å². The third kappa shape index (κ3) is 8.96. The first-order valence-electron chi connectivity index (χ1n) is 3.92. The maximum absolute atomic E-state index is 10.9. The molecule has 80 valence electrons. The summed E-state index contributed by atoms with van der Waals surface area (Å²) in [6.07, 6.45) is 0.287. The second-order valence-corrected chi connectivity index (χ2v) is 4.96. The van der Waals surface area contributed by atoms with Gasteiger partial charge in [-0.2, -0.15) is 8.42 Å². The Morgan fingerprint density at radius 3 is 2.21 bits per heavy atom. The summed E-state index contributed by atoms with van der Waals surface area (Å²) in [6.45, 7) is 4.74. The Labute approximate surface area is 108 Å². The molecule has 7 heteroatoms. The first-order valence-corrected chi connectivity index (χ1v) is 5.53. The SMILES string of the molecule is CCC(=O)NC(C)(C)CS(=O)(=O)O.[H-].[Na+]. The predicted octanol–water partition coefficient (Wildman–Crippen LogP) is -2.70. The van der Waals surface area contributed by atoms with Gasteiger partial charge in [0, 0.05) is 6.42 Å². The third-order valence-corrected chi connectivity index (χ3v) is 2.43. The zero-order chi connectivity index (χ0) is 10.7. The van der Waals surface area contributed by atoms with Gasteiger partial charge in [0.05, 0.1) is 11.3 Å². The summed E-state index contributed by atoms with van der Waals surface area (Å²) in [5.41, 5.74) is -0.930. The molecule has 14 heavy (non-hydrogen) atoms. The molecule has 0 saturated carbocycles. The van der Waals surface area contributed by atoms with E-state index in [0.717, 1.165) is 0 Å². The van der Waals surface area contributed by atoms with E-state index in [-0.39, 0.29) is 43.3 Å². The van der Waals surface area contributed by atoms with E-state index in [1.165, 1.54) is 13.8 Å². The van der Waals surface area contributed by atoms with Crippen LogP contribution in [0.4, 0.5) is 0 Å². The van der Waals surface area contributed by atoms with E-state index in [1.807, 2.05) is 0 Å². The molecule has 0 aromatic carbocycles. The monoisotopic (exact) mass is 233 g/mol. The van der Waals surface area contributed by atoms with Gasteiger partial charge in [-0.15, -0.1) is 0 Å². The second-order valence-electron chi connectivity index (χ2n) is 3.51. The summed E-state index contributed by atoms with van der Waals surface area (Å²) in [6, 6.07) is 0. The molecule has 1 amide bonds. The first kappa shape index (κ1) is 16.8. The topological polar surface area (TPSA) is 83.5 Å². The van der Waals surface area contributed by atoms with Crippen molar-refractivity contribution in [2.75, 3.05) is 5.75 Å². The predicted molar refractivity (Wildman–Crippen MR) is 50.0 cm³/mol. The van der Waals surface area contributed by atoms with Crippen molar-refractivity contribution < 1.29 is 48.7 Å². The van der Waals surface area contributed by atoms with Crippen LogP contribution in [0.15, 0.2) is 0 Å². The van der Waals surface area contributed by atoms with Crippen molar-refractivity contribution >= 4 is 16.0 Å². The van der Waals surface area contributed by atoms with Crippen LogP contribution >= 0.6 is 0 Å². The molecule has 0 aromatic rings. The molecule has 0 aromatic heterocycles. The van der Waals surface area contributed by atoms with Crippen molar-refractivity contribution in [1.29, 1.82) is 0 Å². The molecule has 0 fully saturated rings. The molecular formula is C7H16NNaO4S. The molecular weight excluding hydrogens is 217 g/mol. The van der Waals surface area contributed by atoms with Gasteiger partial charge in [-0.1, -0.05) is 6.92 Å². The number of hydrogen-bond acceptors (Lipinski definition) is 3. The molecule has 0 rings (SSSR count). The Hall–Kier alpha value is 0.380. The molecule has 0 aliphatic rings. The van der Waals surface area contributed by atoms with Crippen molar-refractivity contribution in [3.8, 4) is 0 Å². The van der Waals surface area contributed by atoms with Gasteiger partial charge in [-0.25, -0.2) is 0 Å². The molecule has 0 spiro atoms. The largest absolute Gasteiger partial charge is 1.00 e. The van der Waals surface area contributed by atoms with E-state index in [2.05, 4.69) is 5.32 Å². The molecule has 0 atom stereocenters. The normalized spacial score (nSPS) is 11.7. The Morgan fingerprint density at radius 1 is 1.50 bits per heavy atom. The molecule has 0 bridgehead atoms. The zero-order valence-corrected chi connectivity index (χ0v) is 11.8. The van der Waals surface area contributed by atoms with E-state index in [1.54, 1.807) is 6.92 Å². The molecule has 5 nitrogen and oxygen atoms in total. The summed E-state index contributed by atoms with van der Waals surface area (Å²) < 4.78 is 29.6. The van der Waals surface area contributed by atoms with Crippen LogP contribution in [0.3, 0.4) is 0 Å². The molecule has 0 unspecified atom stereocenters. The van der Waals surface area contributed by atoms with Gasteiger partial charge in [0.2, 0.25) is 5.91 Å². The molecule has 0 aliphatic heterocycles. The van der Waals surface area contributed by atoms with E-state index in [4.69, 9.17) is 4.55 Å². The van der Waals surface area contributed by atoms with Gasteiger partial charge >= 0.3 is 29.6 Å². The summed E-state index contributed by atoms with van der Waals surface area (Å²) >= 11 is 0. The standard InChI is InChI=1S/C7H15NO4S.Na.H/c1-4-6(9)8-7(2,3)5-13(10,11)12;;/h4-5H2,1-3H3,(H,8,9)(H,10,11,12);;/q;+1;-1. The molecule has 0 radical (unpaired) electrons. The van der Waals surface area contributed by atoms with Gasteiger partial charge in [0.1, 0.15) is 0 Å². The fraction of sp³-hybridized carbons (Fsp3) is 0.857. The summed E-state index contributed by atoms with van der Waals surface area (Å²) in [5, 5.41) is 2.48. The Morgan fingerprint density at radius 2 is 1.93 bits per heavy atom. The maximum atomic E-state index is 10.9. The number of carbonyl (C=O) groups is 1. The molecule has 0 saturated heterocycles. The molecule has 0 aliphatic carbocycles. The van der Waals surface area contributed by atoms with E-state index >= 15 is 0 Å². The number of nitrogens with one attached hydrogen (secondary N) is 1. The van der Waals surface area contributed by atoms with E-state index in [9.17, 15) is 13.2 Å². The molecule has 2 N–H and O–H groups in total. The molecule has 0 heterocycles. The maximum Gasteiger partial charge on any atom is 1.00 e. The van der Waals surface area contributed by atoms with Gasteiger partial charge in [-0.05, 0) is 13.8 Å². The minimum absolute atomic E-state index is 0. The van der Waals surface area contributed by atoms with E-state index in [0.29, 0.717) is 0 Å². The fourth-order valence-corrected chi connectivity index (χ4v) is 1.94. The fourth-order valence-electron chi connectivity index (χ4n) is 0.958. The average Bonchev–Trinajstić information content (AvgIpc) is 1.80. The van der Waals surface area contributed by atoms with Gasteiger partial charge in [-0.3, -0.25) is 9.35 Å². The first-order chi connectivity index (χ1) is 5.66. The van der Waals surface area contributed by atoms with Crippen LogP contribution in [0.25, 0.3) is 0 Å². The van der Waals surface area contributed by atoms with Gasteiger partial charge in [0.15, 0.2) is 0 Å². The minimum Gasteiger partial charge on any atom is -1.00 e. The Kier molecular flexibility index (Phi) is 7.28. The van der Waals surface area contributed by atoms with Crippen molar-refractivity contribution in [1.82, 2.24) is 5.32 Å². The number of hydrogen-bond donors (Lipinski definition) is 2. The van der Waals surface area contributed by atoms with Crippen LogP contribution in [-0.2, 0) is 14.9 Å². The van der Waals surface area contributed by atoms with Crippen molar-refractivity contribution in [3.63, 3.8) is 0 Å². The van der Waals surface area contributed by atoms with Crippen molar-refractivity contribution in [2.45, 2.75) is 32.7 Å². The van der Waals surface area contributed by atoms with Crippen molar-refractivity contribution in [2.24, 2.45) is 0 Å².